The predicted octanol–water partition coefficient (Wildman–Crippen LogP) is 2.53. The van der Waals surface area contributed by atoms with Gasteiger partial charge in [-0.15, -0.1) is 0 Å². The maximum atomic E-state index is 12.2. The minimum Gasteiger partial charge on any atom is -0.462 e. The predicted molar refractivity (Wildman–Crippen MR) is 74.8 cm³/mol. The second-order valence-electron chi connectivity index (χ2n) is 4.24. The van der Waals surface area contributed by atoms with Crippen LogP contribution in [0.1, 0.15) is 34.7 Å². The Morgan fingerprint density at radius 1 is 1.05 bits per heavy atom. The number of rotatable bonds is 4. The number of aromatic nitrogens is 1. The molecule has 0 atom stereocenters. The zero-order valence-corrected chi connectivity index (χ0v) is 11.8. The average molecular weight is 275 g/mol. The van der Waals surface area contributed by atoms with Gasteiger partial charge >= 0.3 is 11.9 Å². The second kappa shape index (κ2) is 5.77. The smallest absolute Gasteiger partial charge is 0.355 e. The van der Waals surface area contributed by atoms with Gasteiger partial charge in [0.05, 0.1) is 13.2 Å². The molecule has 0 spiro atoms. The largest absolute Gasteiger partial charge is 0.462 e. The zero-order chi connectivity index (χ0) is 14.7. The Morgan fingerprint density at radius 2 is 1.65 bits per heavy atom. The van der Waals surface area contributed by atoms with Gasteiger partial charge in [0.1, 0.15) is 11.3 Å². The molecule has 0 saturated heterocycles. The third-order valence-electron chi connectivity index (χ3n) is 3.06. The third kappa shape index (κ3) is 2.27. The summed E-state index contributed by atoms with van der Waals surface area (Å²) in [7, 11) is 1.73. The highest BCUT2D eigenvalue weighted by Gasteiger charge is 2.27. The Bertz CT molecular complexity index is 657. The van der Waals surface area contributed by atoms with E-state index in [1.807, 2.05) is 18.2 Å². The number of benzene rings is 1. The number of carbonyl (C=O) groups is 2. The molecule has 0 bridgehead atoms. The lowest BCUT2D eigenvalue weighted by molar-refractivity contribution is 0.0473. The number of aryl methyl sites for hydroxylation is 1. The van der Waals surface area contributed by atoms with Gasteiger partial charge in [-0.2, -0.15) is 0 Å². The molecule has 0 fully saturated rings. The van der Waals surface area contributed by atoms with Gasteiger partial charge < -0.3 is 14.0 Å². The Labute approximate surface area is 117 Å². The number of esters is 2. The first kappa shape index (κ1) is 14.1. The first-order valence-electron chi connectivity index (χ1n) is 6.53. The number of fused-ring (bicyclic) bond motifs is 1. The van der Waals surface area contributed by atoms with Gasteiger partial charge in [-0.1, -0.05) is 18.2 Å². The van der Waals surface area contributed by atoms with Crippen LogP contribution in [0, 0.1) is 0 Å². The number of hydrogen-bond donors (Lipinski definition) is 0. The monoisotopic (exact) mass is 275 g/mol. The fraction of sp³-hybridized carbons (Fsp3) is 0.333. The van der Waals surface area contributed by atoms with Crippen molar-refractivity contribution < 1.29 is 19.1 Å². The average Bonchev–Trinajstić information content (AvgIpc) is 2.73. The topological polar surface area (TPSA) is 57.5 Å². The third-order valence-corrected chi connectivity index (χ3v) is 3.06. The molecule has 20 heavy (non-hydrogen) atoms. The van der Waals surface area contributed by atoms with Gasteiger partial charge in [0, 0.05) is 18.0 Å². The van der Waals surface area contributed by atoms with Gasteiger partial charge in [0.15, 0.2) is 0 Å². The molecule has 5 heteroatoms. The normalized spacial score (nSPS) is 10.6. The molecule has 1 aromatic carbocycles. The Kier molecular flexibility index (Phi) is 4.08. The Hall–Kier alpha value is -2.30. The van der Waals surface area contributed by atoms with Crippen molar-refractivity contribution in [1.29, 1.82) is 0 Å². The van der Waals surface area contributed by atoms with Crippen LogP contribution in [0.25, 0.3) is 10.9 Å². The van der Waals surface area contributed by atoms with Crippen LogP contribution >= 0.6 is 0 Å². The Morgan fingerprint density at radius 3 is 2.30 bits per heavy atom. The molecule has 0 amide bonds. The maximum absolute atomic E-state index is 12.2. The molecule has 0 aliphatic rings. The van der Waals surface area contributed by atoms with Crippen molar-refractivity contribution in [3.63, 3.8) is 0 Å². The molecule has 2 aromatic rings. The van der Waals surface area contributed by atoms with Crippen molar-refractivity contribution in [2.24, 2.45) is 7.05 Å². The summed E-state index contributed by atoms with van der Waals surface area (Å²) in [5, 5.41) is 0.691. The molecule has 0 unspecified atom stereocenters. The van der Waals surface area contributed by atoms with Crippen LogP contribution in [0.3, 0.4) is 0 Å². The van der Waals surface area contributed by atoms with Crippen molar-refractivity contribution in [1.82, 2.24) is 4.57 Å². The van der Waals surface area contributed by atoms with Crippen LogP contribution in [0.4, 0.5) is 0 Å². The summed E-state index contributed by atoms with van der Waals surface area (Å²) in [5.41, 5.74) is 1.29. The van der Waals surface area contributed by atoms with E-state index >= 15 is 0 Å². The molecule has 0 aliphatic carbocycles. The summed E-state index contributed by atoms with van der Waals surface area (Å²) in [6, 6.07) is 7.32. The van der Waals surface area contributed by atoms with Crippen LogP contribution < -0.4 is 0 Å². The van der Waals surface area contributed by atoms with Gasteiger partial charge in [0.2, 0.25) is 0 Å². The molecule has 0 aliphatic heterocycles. The molecule has 0 radical (unpaired) electrons. The second-order valence-corrected chi connectivity index (χ2v) is 4.24. The minimum absolute atomic E-state index is 0.228. The van der Waals surface area contributed by atoms with Gasteiger partial charge in [-0.05, 0) is 19.9 Å². The SMILES string of the molecule is CCOC(=O)c1c(C(=O)OCC)n(C)c2ccccc12. The highest BCUT2D eigenvalue weighted by molar-refractivity contribution is 6.13. The fourth-order valence-corrected chi connectivity index (χ4v) is 2.24. The van der Waals surface area contributed by atoms with Crippen molar-refractivity contribution in [2.45, 2.75) is 13.8 Å². The van der Waals surface area contributed by atoms with E-state index in [2.05, 4.69) is 0 Å². The van der Waals surface area contributed by atoms with E-state index in [0.717, 1.165) is 5.52 Å². The van der Waals surface area contributed by atoms with Gasteiger partial charge in [-0.3, -0.25) is 0 Å². The van der Waals surface area contributed by atoms with Crippen LogP contribution in [0.5, 0.6) is 0 Å². The minimum atomic E-state index is -0.519. The van der Waals surface area contributed by atoms with E-state index in [-0.39, 0.29) is 24.5 Å². The molecule has 5 nitrogen and oxygen atoms in total. The van der Waals surface area contributed by atoms with Crippen molar-refractivity contribution in [2.75, 3.05) is 13.2 Å². The highest BCUT2D eigenvalue weighted by atomic mass is 16.5. The molecule has 106 valence electrons. The van der Waals surface area contributed by atoms with Crippen LogP contribution in [-0.2, 0) is 16.5 Å². The van der Waals surface area contributed by atoms with E-state index in [9.17, 15) is 9.59 Å². The van der Waals surface area contributed by atoms with E-state index in [1.54, 1.807) is 31.5 Å². The summed E-state index contributed by atoms with van der Waals surface area (Å²) in [5.74, 6) is -1.03. The standard InChI is InChI=1S/C15H17NO4/c1-4-19-14(17)12-10-8-6-7-9-11(10)16(3)13(12)15(18)20-5-2/h6-9H,4-5H2,1-3H3. The van der Waals surface area contributed by atoms with Crippen molar-refractivity contribution in [3.8, 4) is 0 Å². The summed E-state index contributed by atoms with van der Waals surface area (Å²) in [6.45, 7) is 3.96. The van der Waals surface area contributed by atoms with Crippen LogP contribution in [0.2, 0.25) is 0 Å². The zero-order valence-electron chi connectivity index (χ0n) is 11.8. The lowest BCUT2D eigenvalue weighted by atomic mass is 10.1. The van der Waals surface area contributed by atoms with E-state index in [0.29, 0.717) is 5.39 Å². The number of nitrogens with zero attached hydrogens (tertiary/aromatic N) is 1. The van der Waals surface area contributed by atoms with Gasteiger partial charge in [0.25, 0.3) is 0 Å². The highest BCUT2D eigenvalue weighted by Crippen LogP contribution is 2.26. The summed E-state index contributed by atoms with van der Waals surface area (Å²) in [4.78, 5) is 24.3. The molecule has 0 N–H and O–H groups in total. The quantitative estimate of drug-likeness (QED) is 0.805. The molecule has 1 aromatic heterocycles. The summed E-state index contributed by atoms with van der Waals surface area (Å²) >= 11 is 0. The number of carbonyl (C=O) groups excluding carboxylic acids is 2. The van der Waals surface area contributed by atoms with E-state index in [1.165, 1.54) is 0 Å². The first-order chi connectivity index (χ1) is 9.61. The summed E-state index contributed by atoms with van der Waals surface area (Å²) < 4.78 is 11.8. The lowest BCUT2D eigenvalue weighted by Crippen LogP contribution is -2.16. The van der Waals surface area contributed by atoms with Gasteiger partial charge in [-0.25, -0.2) is 9.59 Å². The number of hydrogen-bond acceptors (Lipinski definition) is 4. The maximum Gasteiger partial charge on any atom is 0.355 e. The summed E-state index contributed by atoms with van der Waals surface area (Å²) in [6.07, 6.45) is 0. The van der Waals surface area contributed by atoms with Crippen LogP contribution in [-0.4, -0.2) is 29.7 Å². The lowest BCUT2D eigenvalue weighted by Gasteiger charge is -2.06. The van der Waals surface area contributed by atoms with E-state index in [4.69, 9.17) is 9.47 Å². The van der Waals surface area contributed by atoms with Crippen molar-refractivity contribution in [3.05, 3.63) is 35.5 Å². The first-order valence-corrected chi connectivity index (χ1v) is 6.53. The van der Waals surface area contributed by atoms with E-state index < -0.39 is 11.9 Å². The molecular formula is C15H17NO4. The number of ether oxygens (including phenoxy) is 2. The Balaban J connectivity index is 2.70. The molecule has 2 rings (SSSR count). The molecular weight excluding hydrogens is 258 g/mol. The number of para-hydroxylation sites is 1. The fourth-order valence-electron chi connectivity index (χ4n) is 2.24. The molecule has 1 heterocycles. The van der Waals surface area contributed by atoms with Crippen LogP contribution in [0.15, 0.2) is 24.3 Å². The molecule has 0 saturated carbocycles. The van der Waals surface area contributed by atoms with Crippen molar-refractivity contribution >= 4 is 22.8 Å².